The Morgan fingerprint density at radius 2 is 2.19 bits per heavy atom. The van der Waals surface area contributed by atoms with E-state index >= 15 is 0 Å². The van der Waals surface area contributed by atoms with Gasteiger partial charge in [-0.2, -0.15) is 5.10 Å². The van der Waals surface area contributed by atoms with Crippen LogP contribution in [-0.4, -0.2) is 28.6 Å². The quantitative estimate of drug-likeness (QED) is 0.708. The van der Waals surface area contributed by atoms with Crippen LogP contribution in [0.4, 0.5) is 5.69 Å². The van der Waals surface area contributed by atoms with Crippen molar-refractivity contribution in [3.05, 3.63) is 24.4 Å². The molecule has 1 aliphatic carbocycles. The Bertz CT molecular complexity index is 660. The molecular weight excluding hydrogens is 268 g/mol. The first-order valence-corrected chi connectivity index (χ1v) is 7.24. The normalized spacial score (nSPS) is 14.1. The molecule has 0 unspecified atom stereocenters. The monoisotopic (exact) mass is 286 g/mol. The number of H-pyrrole nitrogens is 1. The molecule has 1 aromatic carbocycles. The summed E-state index contributed by atoms with van der Waals surface area (Å²) in [6, 6.07) is 5.65. The molecule has 1 fully saturated rings. The lowest BCUT2D eigenvalue weighted by Gasteiger charge is -2.07. The molecule has 2 aromatic rings. The van der Waals surface area contributed by atoms with Crippen LogP contribution in [0, 0.1) is 5.92 Å². The van der Waals surface area contributed by atoms with E-state index in [2.05, 4.69) is 20.8 Å². The van der Waals surface area contributed by atoms with Crippen molar-refractivity contribution >= 4 is 28.4 Å². The number of nitrogens with one attached hydrogen (secondary N) is 3. The van der Waals surface area contributed by atoms with Crippen molar-refractivity contribution < 1.29 is 9.59 Å². The number of aromatic amines is 1. The van der Waals surface area contributed by atoms with Crippen LogP contribution >= 0.6 is 0 Å². The Labute approximate surface area is 122 Å². The van der Waals surface area contributed by atoms with Gasteiger partial charge in [0.15, 0.2) is 0 Å². The van der Waals surface area contributed by atoms with Gasteiger partial charge in [0.1, 0.15) is 0 Å². The smallest absolute Gasteiger partial charge is 0.224 e. The summed E-state index contributed by atoms with van der Waals surface area (Å²) in [6.07, 6.45) is 4.75. The molecule has 1 saturated carbocycles. The lowest BCUT2D eigenvalue weighted by molar-refractivity contribution is -0.122. The van der Waals surface area contributed by atoms with E-state index in [1.807, 2.05) is 18.2 Å². The van der Waals surface area contributed by atoms with E-state index in [-0.39, 0.29) is 17.7 Å². The van der Waals surface area contributed by atoms with E-state index in [1.54, 1.807) is 6.20 Å². The predicted octanol–water partition coefficient (Wildman–Crippen LogP) is 1.81. The fraction of sp³-hybridized carbons (Fsp3) is 0.400. The molecule has 0 spiro atoms. The third kappa shape index (κ3) is 3.39. The van der Waals surface area contributed by atoms with E-state index in [4.69, 9.17) is 0 Å². The Morgan fingerprint density at radius 1 is 1.33 bits per heavy atom. The number of nitrogens with zero attached hydrogens (tertiary/aromatic N) is 1. The molecule has 0 bridgehead atoms. The second kappa shape index (κ2) is 5.95. The molecule has 6 nitrogen and oxygen atoms in total. The third-order valence-electron chi connectivity index (χ3n) is 3.58. The van der Waals surface area contributed by atoms with Crippen LogP contribution in [0.2, 0.25) is 0 Å². The van der Waals surface area contributed by atoms with E-state index in [0.717, 1.165) is 29.4 Å². The van der Waals surface area contributed by atoms with Gasteiger partial charge in [-0.1, -0.05) is 12.1 Å². The number of rotatable bonds is 6. The van der Waals surface area contributed by atoms with Crippen LogP contribution in [0.25, 0.3) is 10.9 Å². The third-order valence-corrected chi connectivity index (χ3v) is 3.58. The minimum Gasteiger partial charge on any atom is -0.356 e. The zero-order valence-corrected chi connectivity index (χ0v) is 11.7. The minimum absolute atomic E-state index is 0.0576. The van der Waals surface area contributed by atoms with Crippen molar-refractivity contribution in [2.75, 3.05) is 11.9 Å². The fourth-order valence-corrected chi connectivity index (χ4v) is 2.24. The molecule has 1 aromatic heterocycles. The van der Waals surface area contributed by atoms with Crippen molar-refractivity contribution in [2.45, 2.75) is 25.7 Å². The minimum atomic E-state index is -0.0576. The molecule has 0 saturated heterocycles. The number of hydrogen-bond donors (Lipinski definition) is 3. The Hall–Kier alpha value is -2.37. The SMILES string of the molecule is O=C(CCCNC(=O)C1CC1)Nc1cccc2cn[nH]c12. The summed E-state index contributed by atoms with van der Waals surface area (Å²) in [6.45, 7) is 0.553. The number of carbonyl (C=O) groups excluding carboxylic acids is 2. The Morgan fingerprint density at radius 3 is 3.00 bits per heavy atom. The summed E-state index contributed by atoms with van der Waals surface area (Å²) >= 11 is 0. The first-order valence-electron chi connectivity index (χ1n) is 7.24. The maximum atomic E-state index is 11.9. The molecular formula is C15H18N4O2. The molecule has 3 N–H and O–H groups in total. The summed E-state index contributed by atoms with van der Waals surface area (Å²) in [5, 5.41) is 13.5. The molecule has 21 heavy (non-hydrogen) atoms. The average molecular weight is 286 g/mol. The molecule has 1 heterocycles. The molecule has 2 amide bonds. The number of amides is 2. The zero-order valence-electron chi connectivity index (χ0n) is 11.7. The molecule has 1 aliphatic rings. The van der Waals surface area contributed by atoms with E-state index in [9.17, 15) is 9.59 Å². The summed E-state index contributed by atoms with van der Waals surface area (Å²) in [4.78, 5) is 23.3. The molecule has 0 aliphatic heterocycles. The van der Waals surface area contributed by atoms with Gasteiger partial charge in [0, 0.05) is 24.3 Å². The van der Waals surface area contributed by atoms with Gasteiger partial charge in [0.2, 0.25) is 11.8 Å². The molecule has 3 rings (SSSR count). The maximum absolute atomic E-state index is 11.9. The number of fused-ring (bicyclic) bond motifs is 1. The molecule has 6 heteroatoms. The summed E-state index contributed by atoms with van der Waals surface area (Å²) in [5.41, 5.74) is 1.56. The highest BCUT2D eigenvalue weighted by Crippen LogP contribution is 2.28. The standard InChI is InChI=1S/C15H18N4O2/c20-13(5-2-8-16-15(21)10-6-7-10)18-12-4-1-3-11-9-17-19-14(11)12/h1,3-4,9-10H,2,5-8H2,(H,16,21)(H,17,19)(H,18,20). The van der Waals surface area contributed by atoms with Crippen molar-refractivity contribution in [1.29, 1.82) is 0 Å². The molecule has 0 atom stereocenters. The highest BCUT2D eigenvalue weighted by molar-refractivity contribution is 6.00. The van der Waals surface area contributed by atoms with Crippen molar-refractivity contribution in [3.63, 3.8) is 0 Å². The van der Waals surface area contributed by atoms with Crippen molar-refractivity contribution in [2.24, 2.45) is 5.92 Å². The number of benzene rings is 1. The van der Waals surface area contributed by atoms with Crippen LogP contribution < -0.4 is 10.6 Å². The van der Waals surface area contributed by atoms with Gasteiger partial charge in [0.05, 0.1) is 17.4 Å². The second-order valence-electron chi connectivity index (χ2n) is 5.36. The maximum Gasteiger partial charge on any atom is 0.224 e. The largest absolute Gasteiger partial charge is 0.356 e. The highest BCUT2D eigenvalue weighted by Gasteiger charge is 2.28. The Kier molecular flexibility index (Phi) is 3.85. The van der Waals surface area contributed by atoms with Gasteiger partial charge in [-0.15, -0.1) is 0 Å². The number of carbonyl (C=O) groups is 2. The van der Waals surface area contributed by atoms with Crippen LogP contribution in [0.1, 0.15) is 25.7 Å². The fourth-order valence-electron chi connectivity index (χ4n) is 2.24. The summed E-state index contributed by atoms with van der Waals surface area (Å²) in [5.74, 6) is 0.284. The number of anilines is 1. The van der Waals surface area contributed by atoms with E-state index in [0.29, 0.717) is 19.4 Å². The summed E-state index contributed by atoms with van der Waals surface area (Å²) < 4.78 is 0. The first kappa shape index (κ1) is 13.6. The number of para-hydroxylation sites is 1. The van der Waals surface area contributed by atoms with E-state index < -0.39 is 0 Å². The van der Waals surface area contributed by atoms with Crippen LogP contribution in [0.5, 0.6) is 0 Å². The lowest BCUT2D eigenvalue weighted by Crippen LogP contribution is -2.26. The predicted molar refractivity (Wildman–Crippen MR) is 79.7 cm³/mol. The Balaban J connectivity index is 1.45. The van der Waals surface area contributed by atoms with E-state index in [1.165, 1.54) is 0 Å². The molecule has 110 valence electrons. The first-order chi connectivity index (χ1) is 10.2. The topological polar surface area (TPSA) is 86.9 Å². The van der Waals surface area contributed by atoms with Crippen molar-refractivity contribution in [3.8, 4) is 0 Å². The highest BCUT2D eigenvalue weighted by atomic mass is 16.2. The van der Waals surface area contributed by atoms with Crippen LogP contribution in [0.3, 0.4) is 0 Å². The van der Waals surface area contributed by atoms with Gasteiger partial charge >= 0.3 is 0 Å². The van der Waals surface area contributed by atoms with Crippen LogP contribution in [-0.2, 0) is 9.59 Å². The van der Waals surface area contributed by atoms with Gasteiger partial charge in [0.25, 0.3) is 0 Å². The van der Waals surface area contributed by atoms with Gasteiger partial charge in [-0.25, -0.2) is 0 Å². The van der Waals surface area contributed by atoms with Crippen LogP contribution in [0.15, 0.2) is 24.4 Å². The zero-order chi connectivity index (χ0) is 14.7. The number of aromatic nitrogens is 2. The average Bonchev–Trinajstić information content (AvgIpc) is 3.21. The van der Waals surface area contributed by atoms with Gasteiger partial charge < -0.3 is 10.6 Å². The lowest BCUT2D eigenvalue weighted by atomic mass is 10.2. The number of hydrogen-bond acceptors (Lipinski definition) is 3. The van der Waals surface area contributed by atoms with Gasteiger partial charge in [-0.3, -0.25) is 14.7 Å². The second-order valence-corrected chi connectivity index (χ2v) is 5.36. The molecule has 0 radical (unpaired) electrons. The van der Waals surface area contributed by atoms with Crippen molar-refractivity contribution in [1.82, 2.24) is 15.5 Å². The van der Waals surface area contributed by atoms with Gasteiger partial charge in [-0.05, 0) is 25.3 Å². The summed E-state index contributed by atoms with van der Waals surface area (Å²) in [7, 11) is 0.